The molecule has 3 aliphatic carbocycles. The number of esters is 1. The van der Waals surface area contributed by atoms with E-state index in [-0.39, 0.29) is 28.6 Å². The van der Waals surface area contributed by atoms with E-state index in [1.54, 1.807) is 0 Å². The van der Waals surface area contributed by atoms with Crippen LogP contribution < -0.4 is 0 Å². The maximum atomic E-state index is 12.7. The molecule has 3 saturated carbocycles. The van der Waals surface area contributed by atoms with Crippen molar-refractivity contribution in [3.05, 3.63) is 52.1 Å². The molecule has 4 rings (SSSR count). The molecule has 0 unspecified atom stereocenters. The summed E-state index contributed by atoms with van der Waals surface area (Å²) < 4.78 is 6.02. The maximum Gasteiger partial charge on any atom is 0.338 e. The summed E-state index contributed by atoms with van der Waals surface area (Å²) in [7, 11) is 0. The highest BCUT2D eigenvalue weighted by molar-refractivity contribution is 5.89. The van der Waals surface area contributed by atoms with Crippen molar-refractivity contribution in [1.29, 1.82) is 0 Å². The van der Waals surface area contributed by atoms with Gasteiger partial charge in [-0.25, -0.2) is 4.79 Å². The summed E-state index contributed by atoms with van der Waals surface area (Å²) in [6.07, 6.45) is 4.18. The SMILES string of the molecule is C=C1CC[C@@]23C[C@@H]1C(C)(C)[C@@H]2[C@@H](OC(=O)c1ccc([N+](=O)[O-])cc1)C[C@@H]3C. The first-order valence-corrected chi connectivity index (χ1v) is 9.80. The van der Waals surface area contributed by atoms with Crippen LogP contribution in [0, 0.1) is 38.7 Å². The Hall–Kier alpha value is -2.17. The van der Waals surface area contributed by atoms with Crippen LogP contribution in [0.2, 0.25) is 0 Å². The van der Waals surface area contributed by atoms with Crippen LogP contribution >= 0.6 is 0 Å². The molecule has 0 amide bonds. The zero-order valence-electron chi connectivity index (χ0n) is 16.2. The maximum absolute atomic E-state index is 12.7. The number of hydrogen-bond donors (Lipinski definition) is 0. The third kappa shape index (κ3) is 2.54. The van der Waals surface area contributed by atoms with Gasteiger partial charge in [0.1, 0.15) is 6.10 Å². The van der Waals surface area contributed by atoms with Gasteiger partial charge in [-0.05, 0) is 60.5 Å². The lowest BCUT2D eigenvalue weighted by atomic mass is 9.67. The number of carbonyl (C=O) groups is 1. The molecule has 0 aliphatic heterocycles. The Balaban J connectivity index is 1.59. The van der Waals surface area contributed by atoms with Crippen LogP contribution in [-0.4, -0.2) is 17.0 Å². The second-order valence-corrected chi connectivity index (χ2v) is 9.33. The molecule has 0 saturated heterocycles. The van der Waals surface area contributed by atoms with Gasteiger partial charge in [-0.2, -0.15) is 0 Å². The zero-order valence-corrected chi connectivity index (χ0v) is 16.2. The topological polar surface area (TPSA) is 69.4 Å². The molecule has 2 bridgehead atoms. The monoisotopic (exact) mass is 369 g/mol. The molecule has 0 heterocycles. The molecule has 1 aromatic rings. The van der Waals surface area contributed by atoms with E-state index in [1.165, 1.54) is 29.8 Å². The van der Waals surface area contributed by atoms with Crippen LogP contribution in [-0.2, 0) is 4.74 Å². The number of allylic oxidation sites excluding steroid dienone is 1. The molecule has 1 spiro atoms. The van der Waals surface area contributed by atoms with Crippen molar-refractivity contribution in [2.45, 2.75) is 52.6 Å². The van der Waals surface area contributed by atoms with Crippen molar-refractivity contribution in [3.63, 3.8) is 0 Å². The van der Waals surface area contributed by atoms with E-state index in [2.05, 4.69) is 27.4 Å². The molecular formula is C22H27NO4. The van der Waals surface area contributed by atoms with Gasteiger partial charge >= 0.3 is 5.97 Å². The number of nitro groups is 1. The van der Waals surface area contributed by atoms with Crippen LogP contribution in [0.4, 0.5) is 5.69 Å². The molecule has 144 valence electrons. The molecule has 3 aliphatic rings. The number of carbonyl (C=O) groups excluding carboxylic acids is 1. The van der Waals surface area contributed by atoms with Crippen LogP contribution in [0.3, 0.4) is 0 Å². The molecule has 5 heteroatoms. The van der Waals surface area contributed by atoms with E-state index >= 15 is 0 Å². The minimum Gasteiger partial charge on any atom is -0.458 e. The molecule has 5 atom stereocenters. The highest BCUT2D eigenvalue weighted by Crippen LogP contribution is 2.72. The van der Waals surface area contributed by atoms with Gasteiger partial charge in [0.05, 0.1) is 10.5 Å². The number of ether oxygens (including phenoxy) is 1. The summed E-state index contributed by atoms with van der Waals surface area (Å²) in [5.41, 5.74) is 2.02. The fourth-order valence-electron chi connectivity index (χ4n) is 6.59. The highest BCUT2D eigenvalue weighted by Gasteiger charge is 2.68. The first-order chi connectivity index (χ1) is 12.7. The Kier molecular flexibility index (Phi) is 3.99. The van der Waals surface area contributed by atoms with E-state index in [1.807, 2.05) is 0 Å². The zero-order chi connectivity index (χ0) is 19.6. The molecular weight excluding hydrogens is 342 g/mol. The van der Waals surface area contributed by atoms with Crippen molar-refractivity contribution in [2.24, 2.45) is 28.6 Å². The van der Waals surface area contributed by atoms with Gasteiger partial charge in [0, 0.05) is 18.1 Å². The fraction of sp³-hybridized carbons (Fsp3) is 0.591. The van der Waals surface area contributed by atoms with Crippen molar-refractivity contribution in [3.8, 4) is 0 Å². The molecule has 1 aromatic carbocycles. The minimum atomic E-state index is -0.467. The lowest BCUT2D eigenvalue weighted by Gasteiger charge is -2.38. The van der Waals surface area contributed by atoms with E-state index in [0.29, 0.717) is 23.3 Å². The first kappa shape index (κ1) is 18.2. The number of nitro benzene ring substituents is 1. The van der Waals surface area contributed by atoms with E-state index in [0.717, 1.165) is 25.7 Å². The lowest BCUT2D eigenvalue weighted by Crippen LogP contribution is -2.37. The van der Waals surface area contributed by atoms with E-state index < -0.39 is 4.92 Å². The van der Waals surface area contributed by atoms with Gasteiger partial charge in [-0.15, -0.1) is 0 Å². The van der Waals surface area contributed by atoms with Gasteiger partial charge in [-0.3, -0.25) is 10.1 Å². The molecule has 27 heavy (non-hydrogen) atoms. The standard InChI is InChI=1S/C22H27NO4/c1-13-9-10-22-12-17(13)21(3,4)19(22)18(11-14(22)2)27-20(24)15-5-7-16(8-6-15)23(25)26/h5-8,14,17-19H,1,9-12H2,2-4H3/t14-,17-,18-,19-,22-/m0/s1. The largest absolute Gasteiger partial charge is 0.458 e. The second-order valence-electron chi connectivity index (χ2n) is 9.33. The van der Waals surface area contributed by atoms with Gasteiger partial charge in [0.2, 0.25) is 0 Å². The van der Waals surface area contributed by atoms with Crippen molar-refractivity contribution in [1.82, 2.24) is 0 Å². The Labute approximate surface area is 159 Å². The average molecular weight is 369 g/mol. The Morgan fingerprint density at radius 3 is 2.59 bits per heavy atom. The normalized spacial score (nSPS) is 36.3. The van der Waals surface area contributed by atoms with Crippen LogP contribution in [0.25, 0.3) is 0 Å². The van der Waals surface area contributed by atoms with E-state index in [4.69, 9.17) is 4.74 Å². The third-order valence-corrected chi connectivity index (χ3v) is 7.82. The number of rotatable bonds is 3. The molecule has 0 aromatic heterocycles. The number of non-ortho nitro benzene ring substituents is 1. The molecule has 3 fully saturated rings. The first-order valence-electron chi connectivity index (χ1n) is 9.80. The van der Waals surface area contributed by atoms with E-state index in [9.17, 15) is 14.9 Å². The average Bonchev–Trinajstić information content (AvgIpc) is 2.99. The predicted molar refractivity (Wildman–Crippen MR) is 102 cm³/mol. The summed E-state index contributed by atoms with van der Waals surface area (Å²) in [5.74, 6) is 0.982. The fourth-order valence-corrected chi connectivity index (χ4v) is 6.59. The van der Waals surface area contributed by atoms with Gasteiger partial charge in [0.15, 0.2) is 0 Å². The number of hydrogen-bond acceptors (Lipinski definition) is 4. The van der Waals surface area contributed by atoms with Crippen molar-refractivity contribution < 1.29 is 14.5 Å². The van der Waals surface area contributed by atoms with Crippen LogP contribution in [0.5, 0.6) is 0 Å². The van der Waals surface area contributed by atoms with Crippen molar-refractivity contribution >= 4 is 11.7 Å². The summed E-state index contributed by atoms with van der Waals surface area (Å²) in [6, 6.07) is 5.67. The van der Waals surface area contributed by atoms with Crippen molar-refractivity contribution in [2.75, 3.05) is 0 Å². The van der Waals surface area contributed by atoms with Gasteiger partial charge in [-0.1, -0.05) is 32.9 Å². The number of fused-ring (bicyclic) bond motifs is 1. The van der Waals surface area contributed by atoms with Crippen LogP contribution in [0.1, 0.15) is 56.8 Å². The quantitative estimate of drug-likeness (QED) is 0.319. The molecule has 5 nitrogen and oxygen atoms in total. The summed E-state index contributed by atoms with van der Waals surface area (Å²) in [5, 5.41) is 10.8. The van der Waals surface area contributed by atoms with Crippen LogP contribution in [0.15, 0.2) is 36.4 Å². The highest BCUT2D eigenvalue weighted by atomic mass is 16.6. The lowest BCUT2D eigenvalue weighted by molar-refractivity contribution is -0.384. The predicted octanol–water partition coefficient (Wildman–Crippen LogP) is 5.16. The molecule has 0 N–H and O–H groups in total. The third-order valence-electron chi connectivity index (χ3n) is 7.82. The van der Waals surface area contributed by atoms with Gasteiger partial charge in [0.25, 0.3) is 5.69 Å². The number of nitrogens with zero attached hydrogens (tertiary/aromatic N) is 1. The second kappa shape index (κ2) is 5.91. The van der Waals surface area contributed by atoms with Gasteiger partial charge < -0.3 is 4.74 Å². The Morgan fingerprint density at radius 2 is 1.96 bits per heavy atom. The Bertz CT molecular complexity index is 812. The number of benzene rings is 1. The summed E-state index contributed by atoms with van der Waals surface area (Å²) in [4.78, 5) is 23.1. The smallest absolute Gasteiger partial charge is 0.338 e. The minimum absolute atomic E-state index is 0.0239. The molecule has 0 radical (unpaired) electrons. The Morgan fingerprint density at radius 1 is 1.30 bits per heavy atom. The summed E-state index contributed by atoms with van der Waals surface area (Å²) in [6.45, 7) is 11.3. The summed E-state index contributed by atoms with van der Waals surface area (Å²) >= 11 is 0.